The number of hydrogen-bond donors (Lipinski definition) is 1. The molecule has 2 heteroatoms. The Balaban J connectivity index is 1.59. The zero-order valence-electron chi connectivity index (χ0n) is 23.1. The third kappa shape index (κ3) is 2.89. The highest BCUT2D eigenvalue weighted by atomic mass is 16.4. The molecule has 0 aromatic rings. The first-order chi connectivity index (χ1) is 15.7. The Kier molecular flexibility index (Phi) is 5.26. The molecule has 5 aliphatic carbocycles. The highest BCUT2D eigenvalue weighted by Crippen LogP contribution is 2.76. The number of aliphatic carboxylic acids is 1. The summed E-state index contributed by atoms with van der Waals surface area (Å²) in [7, 11) is 0. The second kappa shape index (κ2) is 7.25. The summed E-state index contributed by atoms with van der Waals surface area (Å²) in [5.74, 6) is 1.73. The van der Waals surface area contributed by atoms with Gasteiger partial charge in [-0.05, 0) is 115 Å². The summed E-state index contributed by atoms with van der Waals surface area (Å²) in [6.07, 6.45) is 16.0. The first-order valence-corrected chi connectivity index (χ1v) is 14.2. The van der Waals surface area contributed by atoms with Crippen molar-refractivity contribution >= 4 is 5.97 Å². The fourth-order valence-electron chi connectivity index (χ4n) is 11.1. The average molecular weight is 467 g/mol. The molecule has 0 aromatic carbocycles. The molecule has 0 saturated heterocycles. The monoisotopic (exact) mass is 466 g/mol. The van der Waals surface area contributed by atoms with Crippen LogP contribution in [-0.2, 0) is 4.79 Å². The lowest BCUT2D eigenvalue weighted by Gasteiger charge is -2.71. The zero-order chi connectivity index (χ0) is 24.9. The molecule has 0 bridgehead atoms. The van der Waals surface area contributed by atoms with E-state index in [4.69, 9.17) is 0 Å². The molecule has 0 heterocycles. The highest BCUT2D eigenvalue weighted by molar-refractivity contribution is 5.76. The quantitative estimate of drug-likeness (QED) is 0.413. The van der Waals surface area contributed by atoms with Crippen LogP contribution in [-0.4, -0.2) is 11.1 Å². The van der Waals surface area contributed by atoms with Crippen LogP contribution in [0.25, 0.3) is 0 Å². The van der Waals surface area contributed by atoms with Crippen molar-refractivity contribution in [2.75, 3.05) is 0 Å². The van der Waals surface area contributed by atoms with Gasteiger partial charge in [-0.3, -0.25) is 4.79 Å². The fourth-order valence-corrected chi connectivity index (χ4v) is 11.1. The van der Waals surface area contributed by atoms with Crippen molar-refractivity contribution in [2.24, 2.45) is 56.2 Å². The van der Waals surface area contributed by atoms with Crippen molar-refractivity contribution in [3.63, 3.8) is 0 Å². The molecule has 0 aromatic heterocycles. The fraction of sp³-hybridized carbons (Fsp3) is 0.844. The second-order valence-electron chi connectivity index (χ2n) is 15.4. The predicted molar refractivity (Wildman–Crippen MR) is 140 cm³/mol. The van der Waals surface area contributed by atoms with Crippen molar-refractivity contribution in [2.45, 2.75) is 113 Å². The topological polar surface area (TPSA) is 37.3 Å². The molecule has 0 spiro atoms. The number of allylic oxidation sites excluding steroid dienone is 3. The van der Waals surface area contributed by atoms with Gasteiger partial charge in [-0.2, -0.15) is 0 Å². The van der Waals surface area contributed by atoms with Crippen LogP contribution in [0.1, 0.15) is 113 Å². The van der Waals surface area contributed by atoms with Crippen LogP contribution in [0, 0.1) is 56.2 Å². The second-order valence-corrected chi connectivity index (χ2v) is 15.4. The van der Waals surface area contributed by atoms with Crippen LogP contribution >= 0.6 is 0 Å². The SMILES string of the molecule is C=CC1CCC2(C)C(CCC3(C)C2CC=C2C4CC(C)(C)CC[C@]4(C(=O)O)CC[C@]23C)C1(C)C. The maximum atomic E-state index is 12.8. The summed E-state index contributed by atoms with van der Waals surface area (Å²) in [5.41, 5.74) is 2.29. The molecule has 190 valence electrons. The lowest BCUT2D eigenvalue weighted by molar-refractivity contribution is -0.193. The zero-order valence-corrected chi connectivity index (χ0v) is 23.1. The lowest BCUT2D eigenvalue weighted by Crippen LogP contribution is -2.64. The minimum absolute atomic E-state index is 0.125. The molecule has 34 heavy (non-hydrogen) atoms. The average Bonchev–Trinajstić information content (AvgIpc) is 2.73. The summed E-state index contributed by atoms with van der Waals surface area (Å²) in [4.78, 5) is 12.8. The third-order valence-electron chi connectivity index (χ3n) is 13.5. The summed E-state index contributed by atoms with van der Waals surface area (Å²) < 4.78 is 0. The standard InChI is InChI=1S/C32H50O2/c1-9-21-12-14-29(6)24(28(21,4)5)13-15-31(8)25(29)11-10-22-23-20-27(2,3)16-18-32(23,26(33)34)19-17-30(22,31)7/h9-10,21,23-25H,1,11-20H2,2-8H3,(H,33,34)/t21?,23?,24?,25?,29?,30-,31?,32+/m1/s1. The van der Waals surface area contributed by atoms with Gasteiger partial charge in [0.1, 0.15) is 0 Å². The molecule has 0 amide bonds. The van der Waals surface area contributed by atoms with Gasteiger partial charge in [0.15, 0.2) is 0 Å². The van der Waals surface area contributed by atoms with Crippen LogP contribution < -0.4 is 0 Å². The summed E-state index contributed by atoms with van der Waals surface area (Å²) in [6, 6.07) is 0. The van der Waals surface area contributed by atoms with Crippen LogP contribution in [0.15, 0.2) is 24.3 Å². The Morgan fingerprint density at radius 3 is 2.26 bits per heavy atom. The predicted octanol–water partition coefficient (Wildman–Crippen LogP) is 8.67. The number of carboxylic acids is 1. The summed E-state index contributed by atoms with van der Waals surface area (Å²) in [6.45, 7) is 21.8. The van der Waals surface area contributed by atoms with Gasteiger partial charge in [0.05, 0.1) is 5.41 Å². The van der Waals surface area contributed by atoms with Gasteiger partial charge in [0.2, 0.25) is 0 Å². The van der Waals surface area contributed by atoms with E-state index in [9.17, 15) is 9.90 Å². The molecule has 0 aliphatic heterocycles. The van der Waals surface area contributed by atoms with Gasteiger partial charge < -0.3 is 5.11 Å². The van der Waals surface area contributed by atoms with E-state index in [2.05, 4.69) is 67.2 Å². The summed E-state index contributed by atoms with van der Waals surface area (Å²) >= 11 is 0. The van der Waals surface area contributed by atoms with Crippen molar-refractivity contribution in [3.05, 3.63) is 24.3 Å². The van der Waals surface area contributed by atoms with E-state index in [1.54, 1.807) is 5.57 Å². The molecule has 0 radical (unpaired) electrons. The van der Waals surface area contributed by atoms with E-state index in [-0.39, 0.29) is 22.2 Å². The van der Waals surface area contributed by atoms with Crippen molar-refractivity contribution in [1.82, 2.24) is 0 Å². The number of carbonyl (C=O) groups is 1. The van der Waals surface area contributed by atoms with Gasteiger partial charge in [-0.25, -0.2) is 0 Å². The van der Waals surface area contributed by atoms with E-state index in [1.807, 2.05) is 0 Å². The normalized spacial score (nSPS) is 51.1. The maximum Gasteiger partial charge on any atom is 0.310 e. The summed E-state index contributed by atoms with van der Waals surface area (Å²) in [5, 5.41) is 10.5. The molecule has 8 atom stereocenters. The third-order valence-corrected chi connectivity index (χ3v) is 13.5. The molecule has 1 N–H and O–H groups in total. The molecule has 4 fully saturated rings. The van der Waals surface area contributed by atoms with Crippen molar-refractivity contribution in [1.29, 1.82) is 0 Å². The number of carboxylic acid groups (broad SMARTS) is 1. The minimum Gasteiger partial charge on any atom is -0.481 e. The Bertz CT molecular complexity index is 925. The molecule has 2 nitrogen and oxygen atoms in total. The van der Waals surface area contributed by atoms with Crippen LogP contribution in [0.4, 0.5) is 0 Å². The van der Waals surface area contributed by atoms with Crippen molar-refractivity contribution < 1.29 is 9.90 Å². The lowest BCUT2D eigenvalue weighted by atomic mass is 9.33. The molecule has 6 unspecified atom stereocenters. The van der Waals surface area contributed by atoms with Gasteiger partial charge in [0, 0.05) is 0 Å². The van der Waals surface area contributed by atoms with Gasteiger partial charge in [0.25, 0.3) is 0 Å². The van der Waals surface area contributed by atoms with Gasteiger partial charge >= 0.3 is 5.97 Å². The Morgan fingerprint density at radius 1 is 0.941 bits per heavy atom. The number of rotatable bonds is 2. The first kappa shape index (κ1) is 24.6. The molecule has 5 aliphatic rings. The molecular formula is C32H50O2. The smallest absolute Gasteiger partial charge is 0.310 e. The highest BCUT2D eigenvalue weighted by Gasteiger charge is 2.69. The van der Waals surface area contributed by atoms with Crippen LogP contribution in [0.5, 0.6) is 0 Å². The van der Waals surface area contributed by atoms with E-state index >= 15 is 0 Å². The van der Waals surface area contributed by atoms with Crippen molar-refractivity contribution in [3.8, 4) is 0 Å². The Hall–Kier alpha value is -1.05. The van der Waals surface area contributed by atoms with Gasteiger partial charge in [-0.15, -0.1) is 6.58 Å². The molecule has 5 rings (SSSR count). The molecular weight excluding hydrogens is 416 g/mol. The molecule has 4 saturated carbocycles. The van der Waals surface area contributed by atoms with E-state index in [1.165, 1.54) is 25.7 Å². The maximum absolute atomic E-state index is 12.8. The van der Waals surface area contributed by atoms with Crippen LogP contribution in [0.2, 0.25) is 0 Å². The first-order valence-electron chi connectivity index (χ1n) is 14.2. The van der Waals surface area contributed by atoms with E-state index in [0.717, 1.165) is 44.4 Å². The Labute approximate surface area is 209 Å². The number of fused-ring (bicyclic) bond motifs is 7. The van der Waals surface area contributed by atoms with E-state index < -0.39 is 11.4 Å². The Morgan fingerprint density at radius 2 is 1.62 bits per heavy atom. The van der Waals surface area contributed by atoms with Gasteiger partial charge in [-0.1, -0.05) is 66.2 Å². The van der Waals surface area contributed by atoms with E-state index in [0.29, 0.717) is 22.7 Å². The number of hydrogen-bond acceptors (Lipinski definition) is 1. The minimum atomic E-state index is -0.533. The largest absolute Gasteiger partial charge is 0.481 e. The van der Waals surface area contributed by atoms with Crippen LogP contribution in [0.3, 0.4) is 0 Å².